The maximum atomic E-state index is 11.8. The molecule has 8 heteroatoms. The zero-order valence-electron chi connectivity index (χ0n) is 14.1. The molecule has 7 nitrogen and oxygen atoms in total. The third-order valence-electron chi connectivity index (χ3n) is 3.50. The number of amides is 1. The lowest BCUT2D eigenvalue weighted by Crippen LogP contribution is -2.24. The van der Waals surface area contributed by atoms with Crippen LogP contribution in [-0.4, -0.2) is 23.7 Å². The van der Waals surface area contributed by atoms with Crippen LogP contribution in [0.5, 0.6) is 5.75 Å². The maximum absolute atomic E-state index is 11.8. The van der Waals surface area contributed by atoms with Gasteiger partial charge in [0, 0.05) is 6.07 Å². The Morgan fingerprint density at radius 1 is 1.07 bits per heavy atom. The van der Waals surface area contributed by atoms with Gasteiger partial charge in [-0.25, -0.2) is 5.43 Å². The minimum absolute atomic E-state index is 0.0186. The van der Waals surface area contributed by atoms with Crippen molar-refractivity contribution >= 4 is 28.5 Å². The van der Waals surface area contributed by atoms with Gasteiger partial charge in [-0.3, -0.25) is 14.9 Å². The second-order valence-electron chi connectivity index (χ2n) is 5.41. The van der Waals surface area contributed by atoms with Crippen molar-refractivity contribution in [3.8, 4) is 16.9 Å². The van der Waals surface area contributed by atoms with E-state index in [1.807, 2.05) is 42.5 Å². The van der Waals surface area contributed by atoms with Gasteiger partial charge in [0.05, 0.1) is 16.0 Å². The fraction of sp³-hybridized carbons (Fsp3) is 0.0526. The average Bonchev–Trinajstić information content (AvgIpc) is 3.17. The number of nitrogens with zero attached hydrogens (tertiary/aromatic N) is 2. The summed E-state index contributed by atoms with van der Waals surface area (Å²) >= 11 is 0.971. The molecular formula is C19H15N3O4S. The van der Waals surface area contributed by atoms with Crippen LogP contribution >= 0.6 is 11.3 Å². The van der Waals surface area contributed by atoms with Gasteiger partial charge >= 0.3 is 5.00 Å². The lowest BCUT2D eigenvalue weighted by molar-refractivity contribution is -0.380. The number of nitrogens with one attached hydrogen (secondary N) is 1. The molecule has 0 saturated carbocycles. The molecule has 0 radical (unpaired) electrons. The second kappa shape index (κ2) is 8.72. The molecule has 0 fully saturated rings. The normalized spacial score (nSPS) is 10.7. The van der Waals surface area contributed by atoms with Crippen LogP contribution in [0.4, 0.5) is 5.00 Å². The summed E-state index contributed by atoms with van der Waals surface area (Å²) in [4.78, 5) is 22.5. The lowest BCUT2D eigenvalue weighted by atomic mass is 10.1. The van der Waals surface area contributed by atoms with Crippen LogP contribution in [0.1, 0.15) is 4.88 Å². The Kier molecular flexibility index (Phi) is 5.91. The summed E-state index contributed by atoms with van der Waals surface area (Å²) in [6.07, 6.45) is 1.35. The highest BCUT2D eigenvalue weighted by molar-refractivity contribution is 7.16. The van der Waals surface area contributed by atoms with Crippen LogP contribution in [0.2, 0.25) is 0 Å². The molecular weight excluding hydrogens is 366 g/mol. The highest BCUT2D eigenvalue weighted by Crippen LogP contribution is 2.23. The van der Waals surface area contributed by atoms with E-state index in [9.17, 15) is 14.9 Å². The summed E-state index contributed by atoms with van der Waals surface area (Å²) in [6.45, 7) is -0.188. The highest BCUT2D eigenvalue weighted by Gasteiger charge is 2.08. The Labute approximate surface area is 159 Å². The van der Waals surface area contributed by atoms with Crippen molar-refractivity contribution in [1.82, 2.24) is 5.43 Å². The second-order valence-corrected chi connectivity index (χ2v) is 6.50. The van der Waals surface area contributed by atoms with Crippen molar-refractivity contribution in [2.45, 2.75) is 0 Å². The number of hydrogen-bond donors (Lipinski definition) is 1. The zero-order chi connectivity index (χ0) is 19.1. The van der Waals surface area contributed by atoms with Gasteiger partial charge in [-0.05, 0) is 29.3 Å². The van der Waals surface area contributed by atoms with Crippen molar-refractivity contribution in [3.63, 3.8) is 0 Å². The van der Waals surface area contributed by atoms with Gasteiger partial charge in [0.2, 0.25) is 0 Å². The van der Waals surface area contributed by atoms with Gasteiger partial charge in [0.25, 0.3) is 5.91 Å². The fourth-order valence-corrected chi connectivity index (χ4v) is 2.93. The standard InChI is InChI=1S/C19H15N3O4S/c23-18(21-20-12-17-10-11-19(27-17)22(24)25)13-26-16-8-6-15(7-9-16)14-4-2-1-3-5-14/h1-12H,13H2,(H,21,23)/b20-12+. The predicted molar refractivity (Wildman–Crippen MR) is 104 cm³/mol. The van der Waals surface area contributed by atoms with Crippen molar-refractivity contribution in [2.24, 2.45) is 5.10 Å². The number of nitro groups is 1. The molecule has 1 aromatic heterocycles. The Hall–Kier alpha value is -3.52. The summed E-state index contributed by atoms with van der Waals surface area (Å²) in [7, 11) is 0. The Morgan fingerprint density at radius 3 is 2.44 bits per heavy atom. The molecule has 0 saturated heterocycles. The van der Waals surface area contributed by atoms with E-state index in [2.05, 4.69) is 10.5 Å². The molecule has 0 atom stereocenters. The quantitative estimate of drug-likeness (QED) is 0.382. The molecule has 0 aliphatic rings. The summed E-state index contributed by atoms with van der Waals surface area (Å²) in [5.41, 5.74) is 4.48. The van der Waals surface area contributed by atoms with E-state index in [-0.39, 0.29) is 11.6 Å². The van der Waals surface area contributed by atoms with E-state index in [1.54, 1.807) is 18.2 Å². The summed E-state index contributed by atoms with van der Waals surface area (Å²) < 4.78 is 5.42. The number of hydrazone groups is 1. The zero-order valence-corrected chi connectivity index (χ0v) is 14.9. The van der Waals surface area contributed by atoms with Crippen LogP contribution in [-0.2, 0) is 4.79 Å². The number of benzene rings is 2. The minimum Gasteiger partial charge on any atom is -0.484 e. The van der Waals surface area contributed by atoms with Crippen LogP contribution in [0, 0.1) is 10.1 Å². The maximum Gasteiger partial charge on any atom is 0.324 e. The summed E-state index contributed by atoms with van der Waals surface area (Å²) in [5.74, 6) is 0.145. The van der Waals surface area contributed by atoms with Crippen molar-refractivity contribution in [1.29, 1.82) is 0 Å². The van der Waals surface area contributed by atoms with Crippen LogP contribution < -0.4 is 10.2 Å². The van der Waals surface area contributed by atoms with Crippen LogP contribution in [0.3, 0.4) is 0 Å². The highest BCUT2D eigenvalue weighted by atomic mass is 32.1. The van der Waals surface area contributed by atoms with E-state index in [0.717, 1.165) is 22.5 Å². The molecule has 0 spiro atoms. The first-order valence-corrected chi connectivity index (χ1v) is 8.78. The molecule has 136 valence electrons. The third kappa shape index (κ3) is 5.23. The Bertz CT molecular complexity index is 953. The average molecular weight is 381 g/mol. The first-order chi connectivity index (χ1) is 13.1. The first-order valence-electron chi connectivity index (χ1n) is 7.96. The van der Waals surface area contributed by atoms with Crippen LogP contribution in [0.25, 0.3) is 11.1 Å². The number of thiophene rings is 1. The van der Waals surface area contributed by atoms with Crippen LogP contribution in [0.15, 0.2) is 71.8 Å². The van der Waals surface area contributed by atoms with E-state index in [1.165, 1.54) is 12.3 Å². The van der Waals surface area contributed by atoms with E-state index >= 15 is 0 Å². The Morgan fingerprint density at radius 2 is 1.78 bits per heavy atom. The van der Waals surface area contributed by atoms with Gasteiger partial charge < -0.3 is 4.74 Å². The smallest absolute Gasteiger partial charge is 0.324 e. The summed E-state index contributed by atoms with van der Waals surface area (Å²) in [5, 5.41) is 14.4. The number of carbonyl (C=O) groups excluding carboxylic acids is 1. The molecule has 27 heavy (non-hydrogen) atoms. The monoisotopic (exact) mass is 381 g/mol. The number of carbonyl (C=O) groups is 1. The molecule has 2 aromatic carbocycles. The number of hydrogen-bond acceptors (Lipinski definition) is 6. The predicted octanol–water partition coefficient (Wildman–Crippen LogP) is 3.85. The largest absolute Gasteiger partial charge is 0.484 e. The number of rotatable bonds is 7. The first kappa shape index (κ1) is 18.3. The molecule has 0 aliphatic heterocycles. The molecule has 0 unspecified atom stereocenters. The van der Waals surface area contributed by atoms with Gasteiger partial charge in [0.15, 0.2) is 6.61 Å². The van der Waals surface area contributed by atoms with Crippen molar-refractivity contribution in [2.75, 3.05) is 6.61 Å². The van der Waals surface area contributed by atoms with E-state index in [4.69, 9.17) is 4.74 Å². The molecule has 1 heterocycles. The van der Waals surface area contributed by atoms with Gasteiger partial charge in [-0.1, -0.05) is 53.8 Å². The SMILES string of the molecule is O=C(COc1ccc(-c2ccccc2)cc1)N/N=C/c1ccc([N+](=O)[O-])s1. The minimum atomic E-state index is -0.475. The fourth-order valence-electron chi connectivity index (χ4n) is 2.23. The molecule has 3 rings (SSSR count). The molecule has 3 aromatic rings. The molecule has 0 bridgehead atoms. The third-order valence-corrected chi connectivity index (χ3v) is 4.48. The van der Waals surface area contributed by atoms with Crippen molar-refractivity contribution in [3.05, 3.63) is 81.7 Å². The lowest BCUT2D eigenvalue weighted by Gasteiger charge is -2.06. The molecule has 1 N–H and O–H groups in total. The Balaban J connectivity index is 1.47. The van der Waals surface area contributed by atoms with E-state index < -0.39 is 10.8 Å². The van der Waals surface area contributed by atoms with E-state index in [0.29, 0.717) is 10.6 Å². The van der Waals surface area contributed by atoms with Gasteiger partial charge in [-0.15, -0.1) is 0 Å². The molecule has 0 aliphatic carbocycles. The summed E-state index contributed by atoms with van der Waals surface area (Å²) in [6, 6.07) is 20.3. The topological polar surface area (TPSA) is 93.8 Å². The van der Waals surface area contributed by atoms with Gasteiger partial charge in [0.1, 0.15) is 5.75 Å². The van der Waals surface area contributed by atoms with Gasteiger partial charge in [-0.2, -0.15) is 5.10 Å². The number of ether oxygens (including phenoxy) is 1. The molecule has 1 amide bonds. The van der Waals surface area contributed by atoms with Crippen molar-refractivity contribution < 1.29 is 14.5 Å².